The number of ether oxygens (including phenoxy) is 2. The smallest absolute Gasteiger partial charge is 0.311 e. The molecule has 0 spiro atoms. The molecule has 3 rings (SSSR count). The molecule has 0 saturated carbocycles. The monoisotopic (exact) mass is 361 g/mol. The van der Waals surface area contributed by atoms with E-state index in [1.807, 2.05) is 43.3 Å². The maximum absolute atomic E-state index is 13.3. The largest absolute Gasteiger partial charge is 0.484 e. The molecule has 2 aromatic carbocycles. The third kappa shape index (κ3) is 4.09. The predicted octanol–water partition coefficient (Wildman–Crippen LogP) is 2.87. The Morgan fingerprint density at radius 2 is 2.04 bits per heavy atom. The van der Waals surface area contributed by atoms with Crippen LogP contribution in [0.25, 0.3) is 0 Å². The van der Waals surface area contributed by atoms with E-state index >= 15 is 0 Å². The lowest BCUT2D eigenvalue weighted by Gasteiger charge is -2.16. The highest BCUT2D eigenvalue weighted by molar-refractivity contribution is 5.47. The lowest BCUT2D eigenvalue weighted by Crippen LogP contribution is -2.22. The summed E-state index contributed by atoms with van der Waals surface area (Å²) in [6.07, 6.45) is -0.571. The summed E-state index contributed by atoms with van der Waals surface area (Å²) >= 11 is 0. The van der Waals surface area contributed by atoms with Gasteiger partial charge >= 0.3 is 5.69 Å². The topological polar surface area (TPSA) is 76.9 Å². The standard InChI is InChI=1S/C18H20FN3O4/c1-21(2)14-6-3-12(4-7-14)18-20-10-15(26-18)11-25-17-9-13(19)5-8-16(17)22(23)24/h3-9,15,18,20H,10-11H2,1-2H3/t15-,18+/m1/s1. The first-order chi connectivity index (χ1) is 12.4. The van der Waals surface area contributed by atoms with Gasteiger partial charge in [-0.15, -0.1) is 0 Å². The average molecular weight is 361 g/mol. The Labute approximate surface area is 150 Å². The molecule has 1 fully saturated rings. The van der Waals surface area contributed by atoms with Gasteiger partial charge in [0.05, 0.1) is 4.92 Å². The van der Waals surface area contributed by atoms with Crippen LogP contribution in [0.5, 0.6) is 5.75 Å². The number of hydrogen-bond acceptors (Lipinski definition) is 6. The van der Waals surface area contributed by atoms with Gasteiger partial charge < -0.3 is 14.4 Å². The van der Waals surface area contributed by atoms with Crippen LogP contribution in [0, 0.1) is 15.9 Å². The van der Waals surface area contributed by atoms with Gasteiger partial charge in [-0.2, -0.15) is 0 Å². The number of nitrogens with one attached hydrogen (secondary N) is 1. The van der Waals surface area contributed by atoms with E-state index in [2.05, 4.69) is 5.32 Å². The molecule has 2 atom stereocenters. The van der Waals surface area contributed by atoms with Crippen molar-refractivity contribution in [1.29, 1.82) is 0 Å². The molecule has 1 aliphatic rings. The molecule has 0 amide bonds. The van der Waals surface area contributed by atoms with Crippen molar-refractivity contribution in [2.75, 3.05) is 32.1 Å². The summed E-state index contributed by atoms with van der Waals surface area (Å²) < 4.78 is 24.7. The maximum atomic E-state index is 13.3. The summed E-state index contributed by atoms with van der Waals surface area (Å²) in [6.45, 7) is 0.618. The third-order valence-corrected chi connectivity index (χ3v) is 4.11. The fraction of sp³-hybridized carbons (Fsp3) is 0.333. The highest BCUT2D eigenvalue weighted by atomic mass is 19.1. The van der Waals surface area contributed by atoms with Gasteiger partial charge in [0.1, 0.15) is 24.8 Å². The van der Waals surface area contributed by atoms with E-state index < -0.39 is 10.7 Å². The van der Waals surface area contributed by atoms with Crippen molar-refractivity contribution in [2.45, 2.75) is 12.3 Å². The Hall–Kier alpha value is -2.71. The Kier molecular flexibility index (Phi) is 5.34. The third-order valence-electron chi connectivity index (χ3n) is 4.11. The molecule has 8 heteroatoms. The van der Waals surface area contributed by atoms with Crippen LogP contribution in [0.15, 0.2) is 42.5 Å². The molecule has 0 radical (unpaired) electrons. The molecule has 1 heterocycles. The summed E-state index contributed by atoms with van der Waals surface area (Å²) in [5.41, 5.74) is 1.80. The lowest BCUT2D eigenvalue weighted by molar-refractivity contribution is -0.386. The average Bonchev–Trinajstić information content (AvgIpc) is 3.09. The summed E-state index contributed by atoms with van der Waals surface area (Å²) in [6, 6.07) is 11.1. The SMILES string of the molecule is CN(C)c1ccc([C@H]2NC[C@H](COc3cc(F)ccc3[N+](=O)[O-])O2)cc1. The van der Waals surface area contributed by atoms with Crippen LogP contribution in [0.2, 0.25) is 0 Å². The highest BCUT2D eigenvalue weighted by Crippen LogP contribution is 2.29. The van der Waals surface area contributed by atoms with Gasteiger partial charge in [-0.05, 0) is 23.8 Å². The highest BCUT2D eigenvalue weighted by Gasteiger charge is 2.27. The van der Waals surface area contributed by atoms with Crippen LogP contribution in [0.4, 0.5) is 15.8 Å². The van der Waals surface area contributed by atoms with Gasteiger partial charge in [-0.1, -0.05) is 12.1 Å². The van der Waals surface area contributed by atoms with E-state index in [-0.39, 0.29) is 30.4 Å². The second-order valence-electron chi connectivity index (χ2n) is 6.21. The Morgan fingerprint density at radius 3 is 2.69 bits per heavy atom. The Balaban J connectivity index is 1.60. The van der Waals surface area contributed by atoms with Crippen LogP contribution < -0.4 is 15.0 Å². The van der Waals surface area contributed by atoms with Gasteiger partial charge in [0.25, 0.3) is 0 Å². The summed E-state index contributed by atoms with van der Waals surface area (Å²) in [5, 5.41) is 14.2. The summed E-state index contributed by atoms with van der Waals surface area (Å²) in [5.74, 6) is -0.688. The van der Waals surface area contributed by atoms with Crippen LogP contribution in [-0.4, -0.2) is 38.3 Å². The number of rotatable bonds is 6. The Bertz CT molecular complexity index is 783. The number of nitro benzene ring substituents is 1. The van der Waals surface area contributed by atoms with Crippen molar-refractivity contribution in [3.8, 4) is 5.75 Å². The quantitative estimate of drug-likeness (QED) is 0.630. The second kappa shape index (κ2) is 7.67. The molecule has 26 heavy (non-hydrogen) atoms. The molecule has 2 aromatic rings. The molecule has 1 saturated heterocycles. The van der Waals surface area contributed by atoms with Crippen LogP contribution in [-0.2, 0) is 4.74 Å². The molecule has 1 N–H and O–H groups in total. The minimum atomic E-state index is -0.600. The van der Waals surface area contributed by atoms with E-state index in [0.29, 0.717) is 6.54 Å². The van der Waals surface area contributed by atoms with E-state index in [1.165, 1.54) is 0 Å². The zero-order valence-corrected chi connectivity index (χ0v) is 14.5. The van der Waals surface area contributed by atoms with Crippen molar-refractivity contribution < 1.29 is 18.8 Å². The zero-order valence-electron chi connectivity index (χ0n) is 14.5. The van der Waals surface area contributed by atoms with Crippen LogP contribution >= 0.6 is 0 Å². The number of nitro groups is 1. The number of hydrogen-bond donors (Lipinski definition) is 1. The van der Waals surface area contributed by atoms with Crippen molar-refractivity contribution in [1.82, 2.24) is 5.32 Å². The fourth-order valence-electron chi connectivity index (χ4n) is 2.71. The molecule has 0 aromatic heterocycles. The molecular weight excluding hydrogens is 341 g/mol. The Morgan fingerprint density at radius 1 is 1.31 bits per heavy atom. The molecule has 0 unspecified atom stereocenters. The predicted molar refractivity (Wildman–Crippen MR) is 94.9 cm³/mol. The molecule has 7 nitrogen and oxygen atoms in total. The first kappa shape index (κ1) is 18.1. The number of halogens is 1. The van der Waals surface area contributed by atoms with Crippen LogP contribution in [0.3, 0.4) is 0 Å². The minimum absolute atomic E-state index is 0.0869. The summed E-state index contributed by atoms with van der Waals surface area (Å²) in [4.78, 5) is 12.4. The van der Waals surface area contributed by atoms with E-state index in [1.54, 1.807) is 0 Å². The molecule has 138 valence electrons. The lowest BCUT2D eigenvalue weighted by atomic mass is 10.2. The summed E-state index contributed by atoms with van der Waals surface area (Å²) in [7, 11) is 3.94. The van der Waals surface area contributed by atoms with E-state index in [4.69, 9.17) is 9.47 Å². The van der Waals surface area contributed by atoms with Crippen molar-refractivity contribution in [3.05, 3.63) is 64.0 Å². The fourth-order valence-corrected chi connectivity index (χ4v) is 2.71. The maximum Gasteiger partial charge on any atom is 0.311 e. The normalized spacial score (nSPS) is 19.3. The number of anilines is 1. The number of nitrogens with zero attached hydrogens (tertiary/aromatic N) is 2. The van der Waals surface area contributed by atoms with Crippen molar-refractivity contribution in [3.63, 3.8) is 0 Å². The van der Waals surface area contributed by atoms with E-state index in [0.717, 1.165) is 29.4 Å². The molecular formula is C18H20FN3O4. The van der Waals surface area contributed by atoms with Gasteiger partial charge in [0.15, 0.2) is 5.75 Å². The van der Waals surface area contributed by atoms with Crippen molar-refractivity contribution in [2.24, 2.45) is 0 Å². The van der Waals surface area contributed by atoms with Gasteiger partial charge in [-0.25, -0.2) is 4.39 Å². The van der Waals surface area contributed by atoms with E-state index in [9.17, 15) is 14.5 Å². The first-order valence-corrected chi connectivity index (χ1v) is 8.17. The minimum Gasteiger partial charge on any atom is -0.484 e. The zero-order chi connectivity index (χ0) is 18.7. The van der Waals surface area contributed by atoms with Crippen molar-refractivity contribution >= 4 is 11.4 Å². The van der Waals surface area contributed by atoms with Gasteiger partial charge in [-0.3, -0.25) is 15.4 Å². The molecule has 1 aliphatic heterocycles. The van der Waals surface area contributed by atoms with Crippen LogP contribution in [0.1, 0.15) is 11.8 Å². The molecule has 0 aliphatic carbocycles. The molecule has 0 bridgehead atoms. The van der Waals surface area contributed by atoms with Gasteiger partial charge in [0, 0.05) is 38.5 Å². The van der Waals surface area contributed by atoms with Gasteiger partial charge in [0.2, 0.25) is 0 Å². The first-order valence-electron chi connectivity index (χ1n) is 8.17. The second-order valence-corrected chi connectivity index (χ2v) is 6.21. The number of benzene rings is 2.